The van der Waals surface area contributed by atoms with Gasteiger partial charge in [-0.15, -0.1) is 11.3 Å². The third-order valence-corrected chi connectivity index (χ3v) is 5.22. The van der Waals surface area contributed by atoms with Crippen molar-refractivity contribution in [2.45, 2.75) is 12.6 Å². The second-order valence-corrected chi connectivity index (χ2v) is 7.80. The van der Waals surface area contributed by atoms with E-state index in [1.807, 2.05) is 12.1 Å². The first-order chi connectivity index (χ1) is 13.6. The van der Waals surface area contributed by atoms with Crippen molar-refractivity contribution in [3.05, 3.63) is 64.1 Å². The first-order valence-corrected chi connectivity index (χ1v) is 9.78. The number of amides is 1. The van der Waals surface area contributed by atoms with E-state index in [4.69, 9.17) is 11.6 Å². The summed E-state index contributed by atoms with van der Waals surface area (Å²) >= 11 is 7.36. The minimum Gasteiger partial charge on any atom is -0.376 e. The Morgan fingerprint density at radius 3 is 2.62 bits per heavy atom. The molecule has 1 aromatic heterocycles. The molecule has 0 atom stereocenters. The van der Waals surface area contributed by atoms with Crippen LogP contribution < -0.4 is 10.2 Å². The molecule has 29 heavy (non-hydrogen) atoms. The molecule has 0 unspecified atom stereocenters. The van der Waals surface area contributed by atoms with Crippen LogP contribution in [0, 0.1) is 0 Å². The molecular weight excluding hydrogens is 423 g/mol. The van der Waals surface area contributed by atoms with Gasteiger partial charge in [0.2, 0.25) is 5.91 Å². The maximum atomic E-state index is 13.0. The van der Waals surface area contributed by atoms with Gasteiger partial charge in [-0.25, -0.2) is 4.98 Å². The Balaban J connectivity index is 1.77. The van der Waals surface area contributed by atoms with E-state index in [0.717, 1.165) is 17.7 Å². The number of carbonyl (C=O) groups is 1. The van der Waals surface area contributed by atoms with Crippen LogP contribution in [0.2, 0.25) is 5.02 Å². The molecule has 3 aromatic rings. The van der Waals surface area contributed by atoms with Crippen molar-refractivity contribution in [2.24, 2.45) is 0 Å². The fourth-order valence-electron chi connectivity index (χ4n) is 2.70. The second kappa shape index (κ2) is 8.42. The SMILES string of the molecule is CN(C)c1ccc(C(F)(F)F)cc1NC(=O)Cc1csc(-c2cccc(Cl)c2)n1. The van der Waals surface area contributed by atoms with Crippen LogP contribution in [0.25, 0.3) is 10.6 Å². The molecule has 4 nitrogen and oxygen atoms in total. The molecule has 1 heterocycles. The van der Waals surface area contributed by atoms with Crippen molar-refractivity contribution < 1.29 is 18.0 Å². The van der Waals surface area contributed by atoms with Crippen LogP contribution in [-0.2, 0) is 17.4 Å². The summed E-state index contributed by atoms with van der Waals surface area (Å²) in [6.45, 7) is 0. The Kier molecular flexibility index (Phi) is 6.14. The van der Waals surface area contributed by atoms with Gasteiger partial charge in [-0.2, -0.15) is 13.2 Å². The first-order valence-electron chi connectivity index (χ1n) is 8.52. The quantitative estimate of drug-likeness (QED) is 0.552. The van der Waals surface area contributed by atoms with Crippen molar-refractivity contribution in [3.8, 4) is 10.6 Å². The van der Waals surface area contributed by atoms with Crippen LogP contribution in [0.15, 0.2) is 47.8 Å². The van der Waals surface area contributed by atoms with E-state index in [0.29, 0.717) is 21.4 Å². The fraction of sp³-hybridized carbons (Fsp3) is 0.200. The van der Waals surface area contributed by atoms with E-state index in [2.05, 4.69) is 10.3 Å². The summed E-state index contributed by atoms with van der Waals surface area (Å²) in [5.74, 6) is -0.449. The number of halogens is 4. The number of rotatable bonds is 5. The number of hydrogen-bond donors (Lipinski definition) is 1. The van der Waals surface area contributed by atoms with Crippen molar-refractivity contribution >= 4 is 40.2 Å². The lowest BCUT2D eigenvalue weighted by molar-refractivity contribution is -0.137. The summed E-state index contributed by atoms with van der Waals surface area (Å²) in [7, 11) is 3.38. The zero-order valence-corrected chi connectivity index (χ0v) is 17.1. The van der Waals surface area contributed by atoms with Gasteiger partial charge in [0.1, 0.15) is 5.01 Å². The van der Waals surface area contributed by atoms with Crippen molar-refractivity contribution in [1.29, 1.82) is 0 Å². The summed E-state index contributed by atoms with van der Waals surface area (Å²) in [5.41, 5.74) is 1.11. The highest BCUT2D eigenvalue weighted by Crippen LogP contribution is 2.35. The number of thiazole rings is 1. The number of anilines is 2. The second-order valence-electron chi connectivity index (χ2n) is 6.50. The largest absolute Gasteiger partial charge is 0.416 e. The first kappa shape index (κ1) is 21.1. The minimum absolute atomic E-state index is 0.0554. The molecule has 0 saturated heterocycles. The third kappa shape index (κ3) is 5.27. The van der Waals surface area contributed by atoms with Gasteiger partial charge >= 0.3 is 6.18 Å². The number of benzene rings is 2. The van der Waals surface area contributed by atoms with Crippen LogP contribution in [0.3, 0.4) is 0 Å². The van der Waals surface area contributed by atoms with Crippen LogP contribution in [0.4, 0.5) is 24.5 Å². The molecule has 0 aliphatic heterocycles. The van der Waals surface area contributed by atoms with Crippen molar-refractivity contribution in [2.75, 3.05) is 24.3 Å². The van der Waals surface area contributed by atoms with Gasteiger partial charge in [0.15, 0.2) is 0 Å². The van der Waals surface area contributed by atoms with Gasteiger partial charge in [0.05, 0.1) is 29.1 Å². The average molecular weight is 440 g/mol. The molecule has 0 radical (unpaired) electrons. The van der Waals surface area contributed by atoms with E-state index in [1.165, 1.54) is 17.4 Å². The van der Waals surface area contributed by atoms with Crippen LogP contribution in [0.1, 0.15) is 11.3 Å². The Morgan fingerprint density at radius 2 is 1.97 bits per heavy atom. The van der Waals surface area contributed by atoms with Crippen LogP contribution in [0.5, 0.6) is 0 Å². The number of hydrogen-bond acceptors (Lipinski definition) is 4. The molecule has 0 saturated carbocycles. The molecule has 2 aromatic carbocycles. The normalized spacial score (nSPS) is 11.4. The monoisotopic (exact) mass is 439 g/mol. The summed E-state index contributed by atoms with van der Waals surface area (Å²) in [4.78, 5) is 18.5. The van der Waals surface area contributed by atoms with Gasteiger partial charge in [-0.1, -0.05) is 23.7 Å². The molecule has 0 aliphatic rings. The Bertz CT molecular complexity index is 1030. The van der Waals surface area contributed by atoms with Gasteiger partial charge in [-0.3, -0.25) is 4.79 Å². The maximum Gasteiger partial charge on any atom is 0.416 e. The predicted molar refractivity (Wildman–Crippen MR) is 111 cm³/mol. The van der Waals surface area contributed by atoms with Crippen molar-refractivity contribution in [3.63, 3.8) is 0 Å². The molecule has 9 heteroatoms. The number of alkyl halides is 3. The highest BCUT2D eigenvalue weighted by Gasteiger charge is 2.31. The molecule has 0 fully saturated rings. The Hall–Kier alpha value is -2.58. The van der Waals surface area contributed by atoms with Gasteiger partial charge in [-0.05, 0) is 30.3 Å². The molecular formula is C20H17ClF3N3OS. The van der Waals surface area contributed by atoms with Crippen molar-refractivity contribution in [1.82, 2.24) is 4.98 Å². The number of aromatic nitrogens is 1. The fourth-order valence-corrected chi connectivity index (χ4v) is 3.71. The molecule has 3 rings (SSSR count). The van der Waals surface area contributed by atoms with Crippen LogP contribution >= 0.6 is 22.9 Å². The zero-order chi connectivity index (χ0) is 21.2. The number of carbonyl (C=O) groups excluding carboxylic acids is 1. The molecule has 152 valence electrons. The molecule has 0 bridgehead atoms. The van der Waals surface area contributed by atoms with Crippen LogP contribution in [-0.4, -0.2) is 25.0 Å². The smallest absolute Gasteiger partial charge is 0.376 e. The molecule has 0 aliphatic carbocycles. The van der Waals surface area contributed by atoms with E-state index in [1.54, 1.807) is 36.5 Å². The summed E-state index contributed by atoms with van der Waals surface area (Å²) in [6, 6.07) is 10.5. The predicted octanol–water partition coefficient (Wildman–Crippen LogP) is 5.73. The highest BCUT2D eigenvalue weighted by atomic mass is 35.5. The van der Waals surface area contributed by atoms with E-state index >= 15 is 0 Å². The number of nitrogens with one attached hydrogen (secondary N) is 1. The van der Waals surface area contributed by atoms with E-state index in [-0.39, 0.29) is 12.1 Å². The van der Waals surface area contributed by atoms with Gasteiger partial charge < -0.3 is 10.2 Å². The highest BCUT2D eigenvalue weighted by molar-refractivity contribution is 7.13. The van der Waals surface area contributed by atoms with E-state index < -0.39 is 17.6 Å². The lowest BCUT2D eigenvalue weighted by Crippen LogP contribution is -2.19. The Morgan fingerprint density at radius 1 is 1.21 bits per heavy atom. The Labute approximate surface area is 175 Å². The third-order valence-electron chi connectivity index (χ3n) is 4.04. The summed E-state index contributed by atoms with van der Waals surface area (Å²) < 4.78 is 39.1. The summed E-state index contributed by atoms with van der Waals surface area (Å²) in [5, 5.41) is 5.61. The topological polar surface area (TPSA) is 45.2 Å². The molecule has 0 spiro atoms. The minimum atomic E-state index is -4.49. The average Bonchev–Trinajstić information content (AvgIpc) is 3.09. The van der Waals surface area contributed by atoms with Gasteiger partial charge in [0, 0.05) is 30.1 Å². The van der Waals surface area contributed by atoms with E-state index in [9.17, 15) is 18.0 Å². The summed E-state index contributed by atoms with van der Waals surface area (Å²) in [6.07, 6.45) is -4.55. The lowest BCUT2D eigenvalue weighted by atomic mass is 10.1. The zero-order valence-electron chi connectivity index (χ0n) is 15.5. The molecule has 1 N–H and O–H groups in total. The standard InChI is InChI=1S/C20H17ClF3N3OS/c1-27(2)17-7-6-13(20(22,23)24)9-16(17)26-18(28)10-15-11-29-19(25-15)12-4-3-5-14(21)8-12/h3-9,11H,10H2,1-2H3,(H,26,28). The molecule has 1 amide bonds. The number of nitrogens with zero attached hydrogens (tertiary/aromatic N) is 2. The maximum absolute atomic E-state index is 13.0. The lowest BCUT2D eigenvalue weighted by Gasteiger charge is -2.19. The van der Waals surface area contributed by atoms with Gasteiger partial charge in [0.25, 0.3) is 0 Å².